The summed E-state index contributed by atoms with van der Waals surface area (Å²) >= 11 is 1.98. The summed E-state index contributed by atoms with van der Waals surface area (Å²) in [5, 5.41) is 3.55. The minimum atomic E-state index is 0.273. The van der Waals surface area contributed by atoms with Crippen LogP contribution in [0, 0.1) is 5.92 Å². The van der Waals surface area contributed by atoms with Gasteiger partial charge in [0.1, 0.15) is 0 Å². The summed E-state index contributed by atoms with van der Waals surface area (Å²) in [5.41, 5.74) is 0. The number of rotatable bonds is 2. The molecule has 1 amide bonds. The maximum absolute atomic E-state index is 12.4. The lowest BCUT2D eigenvalue weighted by molar-refractivity contribution is -0.136. The van der Waals surface area contributed by atoms with Gasteiger partial charge in [-0.15, -0.1) is 0 Å². The van der Waals surface area contributed by atoms with Crippen molar-refractivity contribution >= 4 is 17.7 Å². The molecule has 0 saturated carbocycles. The number of thioether (sulfide) groups is 1. The van der Waals surface area contributed by atoms with Crippen LogP contribution >= 0.6 is 11.8 Å². The first-order valence-corrected chi connectivity index (χ1v) is 7.51. The standard InChI is InChI=1S/C12H20N2OS/c1-14(9-4-5-16-7-9)12(15)10-6-8-2-3-11(10)13-8/h8-11,13H,2-7H2,1H3. The van der Waals surface area contributed by atoms with Gasteiger partial charge in [-0.05, 0) is 31.4 Å². The Morgan fingerprint density at radius 2 is 2.25 bits per heavy atom. The molecule has 1 N–H and O–H groups in total. The number of nitrogens with zero attached hydrogens (tertiary/aromatic N) is 1. The molecule has 0 spiro atoms. The first kappa shape index (κ1) is 10.9. The van der Waals surface area contributed by atoms with Gasteiger partial charge in [0.05, 0.1) is 5.92 Å². The smallest absolute Gasteiger partial charge is 0.227 e. The van der Waals surface area contributed by atoms with Crippen molar-refractivity contribution in [2.24, 2.45) is 5.92 Å². The summed E-state index contributed by atoms with van der Waals surface area (Å²) in [7, 11) is 2.00. The number of nitrogens with one attached hydrogen (secondary N) is 1. The van der Waals surface area contributed by atoms with Gasteiger partial charge in [-0.25, -0.2) is 0 Å². The van der Waals surface area contributed by atoms with E-state index in [1.807, 2.05) is 23.7 Å². The average Bonchev–Trinajstić information content (AvgIpc) is 3.02. The molecule has 3 fully saturated rings. The summed E-state index contributed by atoms with van der Waals surface area (Å²) in [5.74, 6) is 3.02. The largest absolute Gasteiger partial charge is 0.342 e. The number of carbonyl (C=O) groups is 1. The van der Waals surface area contributed by atoms with Crippen LogP contribution < -0.4 is 5.32 Å². The Morgan fingerprint density at radius 3 is 2.81 bits per heavy atom. The quantitative estimate of drug-likeness (QED) is 0.784. The number of hydrogen-bond acceptors (Lipinski definition) is 3. The molecular weight excluding hydrogens is 220 g/mol. The Balaban J connectivity index is 1.63. The molecule has 0 aliphatic carbocycles. The Labute approximate surface area is 101 Å². The van der Waals surface area contributed by atoms with Crippen LogP contribution in [0.3, 0.4) is 0 Å². The highest BCUT2D eigenvalue weighted by Crippen LogP contribution is 2.35. The summed E-state index contributed by atoms with van der Waals surface area (Å²) in [6, 6.07) is 1.61. The van der Waals surface area contributed by atoms with Gasteiger partial charge in [0, 0.05) is 30.9 Å². The normalized spacial score (nSPS) is 41.6. The minimum Gasteiger partial charge on any atom is -0.342 e. The molecule has 0 aromatic rings. The highest BCUT2D eigenvalue weighted by Gasteiger charge is 2.44. The molecule has 4 unspecified atom stereocenters. The van der Waals surface area contributed by atoms with Crippen LogP contribution in [0.2, 0.25) is 0 Å². The fourth-order valence-corrected chi connectivity index (χ4v) is 4.63. The summed E-state index contributed by atoms with van der Waals surface area (Å²) in [6.45, 7) is 0. The van der Waals surface area contributed by atoms with Crippen molar-refractivity contribution in [3.05, 3.63) is 0 Å². The van der Waals surface area contributed by atoms with E-state index in [1.165, 1.54) is 25.0 Å². The average molecular weight is 240 g/mol. The van der Waals surface area contributed by atoms with E-state index >= 15 is 0 Å². The third-order valence-electron chi connectivity index (χ3n) is 4.42. The Bertz CT molecular complexity index is 291. The maximum atomic E-state index is 12.4. The van der Waals surface area contributed by atoms with E-state index < -0.39 is 0 Å². The second-order valence-corrected chi connectivity index (χ2v) is 6.51. The highest BCUT2D eigenvalue weighted by atomic mass is 32.2. The molecular formula is C12H20N2OS. The molecule has 0 aromatic carbocycles. The van der Waals surface area contributed by atoms with E-state index in [1.54, 1.807) is 0 Å². The molecule has 0 aromatic heterocycles. The van der Waals surface area contributed by atoms with E-state index in [-0.39, 0.29) is 5.92 Å². The van der Waals surface area contributed by atoms with Gasteiger partial charge in [0.25, 0.3) is 0 Å². The van der Waals surface area contributed by atoms with Crippen LogP contribution in [-0.4, -0.2) is 47.5 Å². The predicted molar refractivity (Wildman–Crippen MR) is 66.6 cm³/mol. The summed E-state index contributed by atoms with van der Waals surface area (Å²) in [4.78, 5) is 14.4. The first-order chi connectivity index (χ1) is 7.75. The van der Waals surface area contributed by atoms with Crippen molar-refractivity contribution in [1.82, 2.24) is 10.2 Å². The molecule has 3 aliphatic heterocycles. The van der Waals surface area contributed by atoms with Crippen LogP contribution in [0.25, 0.3) is 0 Å². The molecule has 2 bridgehead atoms. The lowest BCUT2D eigenvalue weighted by Crippen LogP contribution is -2.44. The van der Waals surface area contributed by atoms with E-state index in [0.29, 0.717) is 24.0 Å². The summed E-state index contributed by atoms with van der Waals surface area (Å²) < 4.78 is 0. The van der Waals surface area contributed by atoms with Crippen molar-refractivity contribution in [3.63, 3.8) is 0 Å². The lowest BCUT2D eigenvalue weighted by atomic mass is 9.88. The lowest BCUT2D eigenvalue weighted by Gasteiger charge is -2.29. The van der Waals surface area contributed by atoms with Crippen LogP contribution in [0.15, 0.2) is 0 Å². The molecule has 90 valence electrons. The van der Waals surface area contributed by atoms with Crippen LogP contribution in [0.5, 0.6) is 0 Å². The fraction of sp³-hybridized carbons (Fsp3) is 0.917. The Kier molecular flexibility index (Phi) is 2.88. The van der Waals surface area contributed by atoms with Gasteiger partial charge in [-0.1, -0.05) is 0 Å². The van der Waals surface area contributed by atoms with Crippen LogP contribution in [-0.2, 0) is 4.79 Å². The van der Waals surface area contributed by atoms with Gasteiger partial charge in [0.2, 0.25) is 5.91 Å². The topological polar surface area (TPSA) is 32.3 Å². The van der Waals surface area contributed by atoms with Gasteiger partial charge in [-0.3, -0.25) is 4.79 Å². The van der Waals surface area contributed by atoms with Gasteiger partial charge in [-0.2, -0.15) is 11.8 Å². The zero-order valence-corrected chi connectivity index (χ0v) is 10.6. The monoisotopic (exact) mass is 240 g/mol. The SMILES string of the molecule is CN(C(=O)C1CC2CCC1N2)C1CCSC1. The van der Waals surface area contributed by atoms with Crippen LogP contribution in [0.4, 0.5) is 0 Å². The first-order valence-electron chi connectivity index (χ1n) is 6.36. The fourth-order valence-electron chi connectivity index (χ4n) is 3.37. The maximum Gasteiger partial charge on any atom is 0.227 e. The molecule has 3 aliphatic rings. The van der Waals surface area contributed by atoms with Crippen molar-refractivity contribution in [2.45, 2.75) is 43.8 Å². The number of fused-ring (bicyclic) bond motifs is 2. The van der Waals surface area contributed by atoms with Gasteiger partial charge < -0.3 is 10.2 Å². The van der Waals surface area contributed by atoms with E-state index in [2.05, 4.69) is 5.32 Å². The van der Waals surface area contributed by atoms with Crippen molar-refractivity contribution in [2.75, 3.05) is 18.6 Å². The predicted octanol–water partition coefficient (Wildman–Crippen LogP) is 1.09. The van der Waals surface area contributed by atoms with E-state index in [0.717, 1.165) is 12.2 Å². The molecule has 3 heterocycles. The van der Waals surface area contributed by atoms with Gasteiger partial charge >= 0.3 is 0 Å². The van der Waals surface area contributed by atoms with Crippen LogP contribution in [0.1, 0.15) is 25.7 Å². The Hall–Kier alpha value is -0.220. The van der Waals surface area contributed by atoms with Gasteiger partial charge in [0.15, 0.2) is 0 Å². The highest BCUT2D eigenvalue weighted by molar-refractivity contribution is 7.99. The van der Waals surface area contributed by atoms with Crippen molar-refractivity contribution in [3.8, 4) is 0 Å². The molecule has 4 atom stereocenters. The number of amides is 1. The minimum absolute atomic E-state index is 0.273. The van der Waals surface area contributed by atoms with E-state index in [4.69, 9.17) is 0 Å². The van der Waals surface area contributed by atoms with Crippen molar-refractivity contribution in [1.29, 1.82) is 0 Å². The molecule has 3 saturated heterocycles. The van der Waals surface area contributed by atoms with Crippen molar-refractivity contribution < 1.29 is 4.79 Å². The second-order valence-electron chi connectivity index (χ2n) is 5.36. The third-order valence-corrected chi connectivity index (χ3v) is 5.56. The molecule has 16 heavy (non-hydrogen) atoms. The third kappa shape index (κ3) is 1.76. The zero-order valence-electron chi connectivity index (χ0n) is 9.82. The zero-order chi connectivity index (χ0) is 11.1. The second kappa shape index (κ2) is 4.22. The number of carbonyl (C=O) groups excluding carboxylic acids is 1. The summed E-state index contributed by atoms with van der Waals surface area (Å²) in [6.07, 6.45) is 4.74. The molecule has 4 heteroatoms. The molecule has 3 rings (SSSR count). The number of hydrogen-bond donors (Lipinski definition) is 1. The molecule has 3 nitrogen and oxygen atoms in total. The molecule has 0 radical (unpaired) electrons. The Morgan fingerprint density at radius 1 is 1.38 bits per heavy atom. The van der Waals surface area contributed by atoms with E-state index in [9.17, 15) is 4.79 Å².